The van der Waals surface area contributed by atoms with Crippen molar-refractivity contribution < 1.29 is 30.0 Å². The van der Waals surface area contributed by atoms with Crippen molar-refractivity contribution in [3.63, 3.8) is 0 Å². The molecule has 1 aliphatic carbocycles. The minimum absolute atomic E-state index is 0.103. The maximum atomic E-state index is 13.2. The third-order valence-corrected chi connectivity index (χ3v) is 4.96. The first-order valence-corrected chi connectivity index (χ1v) is 10.3. The maximum absolute atomic E-state index is 13.2. The summed E-state index contributed by atoms with van der Waals surface area (Å²) in [4.78, 5) is 29.3. The Bertz CT molecular complexity index is 431. The van der Waals surface area contributed by atoms with E-state index >= 15 is 0 Å². The molecule has 4 N–H and O–H groups in total. The fraction of sp³-hybridized carbons (Fsp3) is 0.900. The molecular formula is C20H38N2O6. The Morgan fingerprint density at radius 1 is 0.679 bits per heavy atom. The number of amides is 2. The Morgan fingerprint density at radius 3 is 1.14 bits per heavy atom. The van der Waals surface area contributed by atoms with E-state index in [4.69, 9.17) is 0 Å². The van der Waals surface area contributed by atoms with Crippen molar-refractivity contribution in [3.8, 4) is 0 Å². The van der Waals surface area contributed by atoms with Gasteiger partial charge in [-0.1, -0.05) is 12.8 Å². The van der Waals surface area contributed by atoms with Crippen LogP contribution in [0.4, 0.5) is 0 Å². The van der Waals surface area contributed by atoms with Gasteiger partial charge in [0.15, 0.2) is 0 Å². The van der Waals surface area contributed by atoms with Crippen molar-refractivity contribution in [2.24, 2.45) is 11.8 Å². The van der Waals surface area contributed by atoms with Gasteiger partial charge in [-0.15, -0.1) is 0 Å². The van der Waals surface area contributed by atoms with Gasteiger partial charge in [-0.25, -0.2) is 0 Å². The second-order valence-electron chi connectivity index (χ2n) is 8.38. The smallest absolute Gasteiger partial charge is 0.226 e. The van der Waals surface area contributed by atoms with Crippen LogP contribution < -0.4 is 0 Å². The van der Waals surface area contributed by atoms with Gasteiger partial charge in [-0.2, -0.15) is 0 Å². The second kappa shape index (κ2) is 11.7. The van der Waals surface area contributed by atoms with Gasteiger partial charge >= 0.3 is 0 Å². The van der Waals surface area contributed by atoms with E-state index in [2.05, 4.69) is 0 Å². The first-order valence-electron chi connectivity index (χ1n) is 10.3. The zero-order chi connectivity index (χ0) is 21.4. The molecule has 2 amide bonds. The van der Waals surface area contributed by atoms with Crippen LogP contribution in [0.1, 0.15) is 53.4 Å². The summed E-state index contributed by atoms with van der Waals surface area (Å²) in [5, 5.41) is 39.0. The molecule has 0 aromatic carbocycles. The summed E-state index contributed by atoms with van der Waals surface area (Å²) in [5.74, 6) is -1.50. The standard InChI is InChI=1S/C20H38N2O6/c1-13(23)9-21(10-14(2)24)19(27)17-7-5-6-8-18(17)20(28)22(11-15(3)25)12-16(4)26/h13-18,23-26H,5-12H2,1-4H3/t13?,14?,15?,16?,17-,18+. The van der Waals surface area contributed by atoms with Gasteiger partial charge in [0.2, 0.25) is 11.8 Å². The minimum Gasteiger partial charge on any atom is -0.392 e. The number of hydrogen-bond acceptors (Lipinski definition) is 6. The molecular weight excluding hydrogens is 364 g/mol. The molecule has 0 aromatic heterocycles. The van der Waals surface area contributed by atoms with Gasteiger partial charge in [0.25, 0.3) is 0 Å². The average molecular weight is 403 g/mol. The van der Waals surface area contributed by atoms with Gasteiger partial charge < -0.3 is 30.2 Å². The second-order valence-corrected chi connectivity index (χ2v) is 8.38. The van der Waals surface area contributed by atoms with Crippen molar-refractivity contribution in [3.05, 3.63) is 0 Å². The summed E-state index contributed by atoms with van der Waals surface area (Å²) in [6, 6.07) is 0. The van der Waals surface area contributed by atoms with E-state index < -0.39 is 36.3 Å². The van der Waals surface area contributed by atoms with Crippen molar-refractivity contribution in [1.82, 2.24) is 9.80 Å². The largest absolute Gasteiger partial charge is 0.392 e. The zero-order valence-corrected chi connectivity index (χ0v) is 17.6. The number of carbonyl (C=O) groups excluding carboxylic acids is 2. The highest BCUT2D eigenvalue weighted by Gasteiger charge is 2.40. The van der Waals surface area contributed by atoms with Gasteiger partial charge in [-0.05, 0) is 40.5 Å². The number of aliphatic hydroxyl groups is 4. The molecule has 28 heavy (non-hydrogen) atoms. The van der Waals surface area contributed by atoms with Crippen molar-refractivity contribution in [2.75, 3.05) is 26.2 Å². The lowest BCUT2D eigenvalue weighted by molar-refractivity contribution is -0.151. The Labute approximate surface area is 168 Å². The Balaban J connectivity index is 3.03. The maximum Gasteiger partial charge on any atom is 0.226 e. The Hall–Kier alpha value is -1.22. The Kier molecular flexibility index (Phi) is 10.4. The lowest BCUT2D eigenvalue weighted by atomic mass is 9.77. The highest BCUT2D eigenvalue weighted by atomic mass is 16.3. The van der Waals surface area contributed by atoms with Gasteiger partial charge in [0.1, 0.15) is 0 Å². The summed E-state index contributed by atoms with van der Waals surface area (Å²) in [6.07, 6.45) is -0.117. The molecule has 0 spiro atoms. The lowest BCUT2D eigenvalue weighted by Crippen LogP contribution is -2.51. The van der Waals surface area contributed by atoms with Crippen LogP contribution in [0.15, 0.2) is 0 Å². The predicted octanol–water partition coefficient (Wildman–Crippen LogP) is -0.0268. The molecule has 8 nitrogen and oxygen atoms in total. The molecule has 6 atom stereocenters. The highest BCUT2D eigenvalue weighted by molar-refractivity contribution is 5.88. The molecule has 164 valence electrons. The third kappa shape index (κ3) is 8.03. The predicted molar refractivity (Wildman–Crippen MR) is 105 cm³/mol. The van der Waals surface area contributed by atoms with E-state index in [0.29, 0.717) is 12.8 Å². The molecule has 0 heterocycles. The lowest BCUT2D eigenvalue weighted by Gasteiger charge is -2.38. The fourth-order valence-electron chi connectivity index (χ4n) is 3.98. The van der Waals surface area contributed by atoms with Gasteiger partial charge in [0.05, 0.1) is 24.4 Å². The van der Waals surface area contributed by atoms with Gasteiger partial charge in [-0.3, -0.25) is 9.59 Å². The average Bonchev–Trinajstić information content (AvgIpc) is 2.57. The molecule has 0 aromatic rings. The van der Waals surface area contributed by atoms with E-state index in [0.717, 1.165) is 12.8 Å². The number of hydrogen-bond donors (Lipinski definition) is 4. The van der Waals surface area contributed by atoms with Crippen molar-refractivity contribution >= 4 is 11.8 Å². The van der Waals surface area contributed by atoms with Crippen LogP contribution in [-0.2, 0) is 9.59 Å². The topological polar surface area (TPSA) is 122 Å². The monoisotopic (exact) mass is 402 g/mol. The summed E-state index contributed by atoms with van der Waals surface area (Å²) in [6.45, 7) is 6.74. The molecule has 1 saturated carbocycles. The molecule has 1 aliphatic rings. The van der Waals surface area contributed by atoms with Gasteiger partial charge in [0, 0.05) is 38.0 Å². The number of rotatable bonds is 10. The van der Waals surface area contributed by atoms with Crippen LogP contribution in [0.5, 0.6) is 0 Å². The van der Waals surface area contributed by atoms with Crippen LogP contribution in [0.2, 0.25) is 0 Å². The van der Waals surface area contributed by atoms with Crippen LogP contribution in [-0.4, -0.2) is 92.6 Å². The molecule has 0 aliphatic heterocycles. The molecule has 1 rings (SSSR count). The first kappa shape index (κ1) is 24.8. The van der Waals surface area contributed by atoms with E-state index in [9.17, 15) is 30.0 Å². The number of carbonyl (C=O) groups is 2. The highest BCUT2D eigenvalue weighted by Crippen LogP contribution is 2.33. The SMILES string of the molecule is CC(O)CN(CC(C)O)C(=O)[C@H]1CCCC[C@H]1C(=O)N(CC(C)O)CC(C)O. The molecule has 0 radical (unpaired) electrons. The van der Waals surface area contributed by atoms with E-state index in [-0.39, 0.29) is 38.0 Å². The first-order chi connectivity index (χ1) is 13.0. The van der Waals surface area contributed by atoms with E-state index in [1.165, 1.54) is 9.80 Å². The third-order valence-electron chi connectivity index (χ3n) is 4.96. The van der Waals surface area contributed by atoms with Crippen LogP contribution in [0.25, 0.3) is 0 Å². The van der Waals surface area contributed by atoms with E-state index in [1.54, 1.807) is 27.7 Å². The van der Waals surface area contributed by atoms with Crippen LogP contribution in [0.3, 0.4) is 0 Å². The number of aliphatic hydroxyl groups excluding tert-OH is 4. The van der Waals surface area contributed by atoms with E-state index in [1.807, 2.05) is 0 Å². The minimum atomic E-state index is -0.734. The summed E-state index contributed by atoms with van der Waals surface area (Å²) in [5.41, 5.74) is 0. The Morgan fingerprint density at radius 2 is 0.929 bits per heavy atom. The molecule has 0 saturated heterocycles. The zero-order valence-electron chi connectivity index (χ0n) is 17.6. The summed E-state index contributed by atoms with van der Waals surface area (Å²) >= 11 is 0. The number of nitrogens with zero attached hydrogens (tertiary/aromatic N) is 2. The van der Waals surface area contributed by atoms with Crippen molar-refractivity contribution in [2.45, 2.75) is 77.8 Å². The molecule has 4 unspecified atom stereocenters. The molecule has 8 heteroatoms. The normalized spacial score (nSPS) is 24.1. The molecule has 0 bridgehead atoms. The molecule has 1 fully saturated rings. The van der Waals surface area contributed by atoms with Crippen LogP contribution in [0, 0.1) is 11.8 Å². The summed E-state index contributed by atoms with van der Waals surface area (Å²) < 4.78 is 0. The van der Waals surface area contributed by atoms with Crippen molar-refractivity contribution in [1.29, 1.82) is 0 Å². The fourth-order valence-corrected chi connectivity index (χ4v) is 3.98. The van der Waals surface area contributed by atoms with Crippen LogP contribution >= 0.6 is 0 Å². The summed E-state index contributed by atoms with van der Waals surface area (Å²) in [7, 11) is 0. The quantitative estimate of drug-likeness (QED) is 0.407.